The van der Waals surface area contributed by atoms with E-state index in [1.54, 1.807) is 14.2 Å². The number of piperidine rings is 1. The molecule has 0 bridgehead atoms. The molecule has 4 rings (SSSR count). The van der Waals surface area contributed by atoms with E-state index in [0.717, 1.165) is 41.9 Å². The normalized spacial score (nSPS) is 20.2. The fourth-order valence-electron chi connectivity index (χ4n) is 5.90. The number of carbonyl (C=O) groups is 1. The summed E-state index contributed by atoms with van der Waals surface area (Å²) in [6.45, 7) is 4.32. The summed E-state index contributed by atoms with van der Waals surface area (Å²) in [6.07, 6.45) is 13.1. The summed E-state index contributed by atoms with van der Waals surface area (Å²) in [5.74, 6) is 1.92. The predicted octanol–water partition coefficient (Wildman–Crippen LogP) is 5.73. The van der Waals surface area contributed by atoms with Gasteiger partial charge in [-0.25, -0.2) is 4.79 Å². The minimum Gasteiger partial charge on any atom is -0.493 e. The van der Waals surface area contributed by atoms with E-state index < -0.39 is 0 Å². The number of carbonyl (C=O) groups excluding carboxylic acids is 1. The Morgan fingerprint density at radius 3 is 2.48 bits per heavy atom. The van der Waals surface area contributed by atoms with E-state index in [1.807, 2.05) is 19.1 Å². The minimum atomic E-state index is -0.293. The number of hydrogen-bond donors (Lipinski definition) is 1. The fraction of sp³-hybridized carbons (Fsp3) is 0.667. The second-order valence-electron chi connectivity index (χ2n) is 9.63. The Morgan fingerprint density at radius 2 is 1.76 bits per heavy atom. The highest BCUT2D eigenvalue weighted by atomic mass is 16.5. The zero-order chi connectivity index (χ0) is 23.2. The van der Waals surface area contributed by atoms with E-state index in [-0.39, 0.29) is 5.97 Å². The average Bonchev–Trinajstić information content (AvgIpc) is 3.20. The van der Waals surface area contributed by atoms with Crippen molar-refractivity contribution in [1.82, 2.24) is 9.88 Å². The first-order valence-electron chi connectivity index (χ1n) is 12.8. The van der Waals surface area contributed by atoms with Gasteiger partial charge in [-0.15, -0.1) is 0 Å². The van der Waals surface area contributed by atoms with Gasteiger partial charge >= 0.3 is 5.97 Å². The fourth-order valence-corrected chi connectivity index (χ4v) is 5.90. The maximum Gasteiger partial charge on any atom is 0.355 e. The van der Waals surface area contributed by atoms with Crippen molar-refractivity contribution in [3.63, 3.8) is 0 Å². The molecule has 33 heavy (non-hydrogen) atoms. The molecule has 0 amide bonds. The minimum absolute atomic E-state index is 0.293. The van der Waals surface area contributed by atoms with Crippen molar-refractivity contribution in [3.05, 3.63) is 23.4 Å². The number of methoxy groups -OCH3 is 2. The largest absolute Gasteiger partial charge is 0.493 e. The van der Waals surface area contributed by atoms with Crippen LogP contribution in [0.4, 0.5) is 0 Å². The number of aromatic amines is 1. The van der Waals surface area contributed by atoms with E-state index in [4.69, 9.17) is 14.2 Å². The molecule has 1 aliphatic heterocycles. The maximum atomic E-state index is 12.8. The van der Waals surface area contributed by atoms with Crippen LogP contribution in [0.1, 0.15) is 80.8 Å². The monoisotopic (exact) mass is 456 g/mol. The molecule has 2 heterocycles. The van der Waals surface area contributed by atoms with E-state index in [1.165, 1.54) is 57.8 Å². The van der Waals surface area contributed by atoms with Gasteiger partial charge in [0.2, 0.25) is 0 Å². The quantitative estimate of drug-likeness (QED) is 0.488. The lowest BCUT2D eigenvalue weighted by Crippen LogP contribution is -2.42. The molecule has 0 radical (unpaired) electrons. The van der Waals surface area contributed by atoms with E-state index in [0.29, 0.717) is 29.8 Å². The van der Waals surface area contributed by atoms with Gasteiger partial charge in [0, 0.05) is 24.0 Å². The Kier molecular flexibility index (Phi) is 8.18. The number of hydrogen-bond acceptors (Lipinski definition) is 5. The zero-order valence-corrected chi connectivity index (χ0v) is 20.6. The summed E-state index contributed by atoms with van der Waals surface area (Å²) in [6, 6.07) is 4.57. The summed E-state index contributed by atoms with van der Waals surface area (Å²) in [4.78, 5) is 18.8. The van der Waals surface area contributed by atoms with Gasteiger partial charge in [0.15, 0.2) is 11.5 Å². The topological polar surface area (TPSA) is 63.8 Å². The van der Waals surface area contributed by atoms with Crippen molar-refractivity contribution >= 4 is 16.9 Å². The molecule has 6 nitrogen and oxygen atoms in total. The van der Waals surface area contributed by atoms with Crippen LogP contribution in [0.25, 0.3) is 10.9 Å². The van der Waals surface area contributed by atoms with Crippen molar-refractivity contribution in [1.29, 1.82) is 0 Å². The molecule has 1 saturated heterocycles. The number of likely N-dealkylation sites (tertiary alicyclic amines) is 1. The van der Waals surface area contributed by atoms with Gasteiger partial charge in [0.05, 0.1) is 26.3 Å². The average molecular weight is 457 g/mol. The van der Waals surface area contributed by atoms with Gasteiger partial charge in [-0.05, 0) is 56.7 Å². The van der Waals surface area contributed by atoms with Crippen LogP contribution in [-0.4, -0.2) is 55.8 Å². The first-order valence-corrected chi connectivity index (χ1v) is 12.8. The SMILES string of the molecule is CCOC(=O)c1[nH]c2cc(OC)c(OC)cc2c1CCN1CCCCC1CC1CCCCC1. The van der Waals surface area contributed by atoms with E-state index >= 15 is 0 Å². The van der Waals surface area contributed by atoms with Crippen LogP contribution in [0.5, 0.6) is 11.5 Å². The first kappa shape index (κ1) is 23.9. The number of rotatable bonds is 9. The third kappa shape index (κ3) is 5.48. The van der Waals surface area contributed by atoms with Crippen LogP contribution < -0.4 is 9.47 Å². The molecule has 6 heteroatoms. The molecule has 182 valence electrons. The van der Waals surface area contributed by atoms with Crippen LogP contribution in [-0.2, 0) is 11.2 Å². The van der Waals surface area contributed by atoms with Gasteiger partial charge in [-0.2, -0.15) is 0 Å². The summed E-state index contributed by atoms with van der Waals surface area (Å²) in [5, 5.41) is 1.01. The molecule has 1 unspecified atom stereocenters. The lowest BCUT2D eigenvalue weighted by atomic mass is 9.82. The van der Waals surface area contributed by atoms with Crippen LogP contribution in [0, 0.1) is 5.92 Å². The van der Waals surface area contributed by atoms with E-state index in [2.05, 4.69) is 9.88 Å². The summed E-state index contributed by atoms with van der Waals surface area (Å²) in [7, 11) is 3.27. The first-order chi connectivity index (χ1) is 16.1. The lowest BCUT2D eigenvalue weighted by Gasteiger charge is -2.38. The van der Waals surface area contributed by atoms with Crippen LogP contribution in [0.15, 0.2) is 12.1 Å². The number of esters is 1. The number of H-pyrrole nitrogens is 1. The molecule has 1 aromatic carbocycles. The molecule has 1 aromatic heterocycles. The summed E-state index contributed by atoms with van der Waals surface area (Å²) < 4.78 is 16.4. The van der Waals surface area contributed by atoms with Crippen LogP contribution in [0.3, 0.4) is 0 Å². The number of benzene rings is 1. The zero-order valence-electron chi connectivity index (χ0n) is 20.6. The van der Waals surface area contributed by atoms with Gasteiger partial charge in [-0.1, -0.05) is 38.5 Å². The second kappa shape index (κ2) is 11.3. The number of nitrogens with zero attached hydrogens (tertiary/aromatic N) is 1. The number of aromatic nitrogens is 1. The van der Waals surface area contributed by atoms with Crippen molar-refractivity contribution in [2.45, 2.75) is 77.2 Å². The Hall–Kier alpha value is -2.21. The molecule has 1 saturated carbocycles. The van der Waals surface area contributed by atoms with Gasteiger partial charge in [0.1, 0.15) is 5.69 Å². The summed E-state index contributed by atoms with van der Waals surface area (Å²) >= 11 is 0. The van der Waals surface area contributed by atoms with Crippen molar-refractivity contribution in [2.75, 3.05) is 33.9 Å². The van der Waals surface area contributed by atoms with Crippen molar-refractivity contribution < 1.29 is 19.0 Å². The van der Waals surface area contributed by atoms with Crippen molar-refractivity contribution in [2.24, 2.45) is 5.92 Å². The molecule has 0 spiro atoms. The van der Waals surface area contributed by atoms with E-state index in [9.17, 15) is 4.79 Å². The Bertz CT molecular complexity index is 932. The molecule has 1 aliphatic carbocycles. The highest BCUT2D eigenvalue weighted by Crippen LogP contribution is 2.36. The lowest BCUT2D eigenvalue weighted by molar-refractivity contribution is 0.0518. The van der Waals surface area contributed by atoms with Crippen LogP contribution in [0.2, 0.25) is 0 Å². The second-order valence-corrected chi connectivity index (χ2v) is 9.63. The molecular formula is C27H40N2O4. The Labute approximate surface area is 198 Å². The van der Waals surface area contributed by atoms with Gasteiger partial charge < -0.3 is 24.1 Å². The molecule has 1 N–H and O–H groups in total. The number of ether oxygens (including phenoxy) is 3. The van der Waals surface area contributed by atoms with Gasteiger partial charge in [-0.3, -0.25) is 0 Å². The Balaban J connectivity index is 1.57. The maximum absolute atomic E-state index is 12.8. The number of nitrogens with one attached hydrogen (secondary N) is 1. The standard InChI is InChI=1S/C27H40N2O4/c1-4-33-27(30)26-21(22-17-24(31-2)25(32-3)18-23(22)28-26)13-15-29-14-9-8-12-20(29)16-19-10-6-5-7-11-19/h17-20,28H,4-16H2,1-3H3. The highest BCUT2D eigenvalue weighted by molar-refractivity contribution is 5.99. The van der Waals surface area contributed by atoms with Crippen molar-refractivity contribution in [3.8, 4) is 11.5 Å². The van der Waals surface area contributed by atoms with Gasteiger partial charge in [0.25, 0.3) is 0 Å². The molecular weight excluding hydrogens is 416 g/mol. The van der Waals surface area contributed by atoms with Crippen LogP contribution >= 0.6 is 0 Å². The molecule has 2 aliphatic rings. The Morgan fingerprint density at radius 1 is 1.03 bits per heavy atom. The predicted molar refractivity (Wildman–Crippen MR) is 131 cm³/mol. The summed E-state index contributed by atoms with van der Waals surface area (Å²) in [5.41, 5.74) is 2.46. The smallest absolute Gasteiger partial charge is 0.355 e. The number of fused-ring (bicyclic) bond motifs is 1. The highest BCUT2D eigenvalue weighted by Gasteiger charge is 2.27. The molecule has 2 aromatic rings. The third-order valence-corrected chi connectivity index (χ3v) is 7.62. The molecule has 1 atom stereocenters. The molecule has 2 fully saturated rings. The third-order valence-electron chi connectivity index (χ3n) is 7.62.